The van der Waals surface area contributed by atoms with Gasteiger partial charge in [0.15, 0.2) is 0 Å². The summed E-state index contributed by atoms with van der Waals surface area (Å²) in [5.41, 5.74) is 0. The Labute approximate surface area is 128 Å². The smallest absolute Gasteiger partial charge is 0.373 e. The number of methoxy groups -OCH3 is 1. The molecule has 0 aliphatic heterocycles. The predicted molar refractivity (Wildman–Crippen MR) is 76.0 cm³/mol. The van der Waals surface area contributed by atoms with Crippen LogP contribution >= 0.6 is 0 Å². The summed E-state index contributed by atoms with van der Waals surface area (Å²) in [7, 11) is -3.00. The van der Waals surface area contributed by atoms with Crippen molar-refractivity contribution < 1.29 is 32.3 Å². The number of carboxylic acid groups (broad SMARTS) is 1. The second kappa shape index (κ2) is 6.93. The first-order valence-electron chi connectivity index (χ1n) is 6.52. The van der Waals surface area contributed by atoms with E-state index in [0.717, 1.165) is 13.2 Å². The standard InChI is InChI=1S/C13H19NO7S/c1-7(2)5-9(12(15)16)14-22(18,19)11-6-10(13(17)20-4)21-8(11)3/h6-7,9,14H,5H2,1-4H3,(H,15,16). The average Bonchev–Trinajstić information content (AvgIpc) is 2.79. The van der Waals surface area contributed by atoms with Crippen LogP contribution in [0.2, 0.25) is 0 Å². The Hall–Kier alpha value is -1.87. The van der Waals surface area contributed by atoms with E-state index in [-0.39, 0.29) is 28.8 Å². The molecule has 124 valence electrons. The van der Waals surface area contributed by atoms with E-state index in [0.29, 0.717) is 0 Å². The molecule has 1 unspecified atom stereocenters. The summed E-state index contributed by atoms with van der Waals surface area (Å²) >= 11 is 0. The zero-order valence-electron chi connectivity index (χ0n) is 12.7. The first-order valence-corrected chi connectivity index (χ1v) is 8.00. The van der Waals surface area contributed by atoms with Crippen LogP contribution < -0.4 is 4.72 Å². The number of hydrogen-bond donors (Lipinski definition) is 2. The fraction of sp³-hybridized carbons (Fsp3) is 0.538. The first kappa shape index (κ1) is 18.2. The lowest BCUT2D eigenvalue weighted by Gasteiger charge is -2.16. The van der Waals surface area contributed by atoms with Crippen LogP contribution in [0.5, 0.6) is 0 Å². The van der Waals surface area contributed by atoms with Gasteiger partial charge in [-0.1, -0.05) is 13.8 Å². The van der Waals surface area contributed by atoms with Crippen LogP contribution in [0.25, 0.3) is 0 Å². The zero-order chi connectivity index (χ0) is 17.1. The molecule has 1 heterocycles. The molecule has 0 fully saturated rings. The maximum absolute atomic E-state index is 12.3. The molecule has 1 atom stereocenters. The third-order valence-electron chi connectivity index (χ3n) is 2.85. The summed E-state index contributed by atoms with van der Waals surface area (Å²) < 4.78 is 36.2. The molecule has 1 aromatic rings. The van der Waals surface area contributed by atoms with Crippen molar-refractivity contribution in [3.05, 3.63) is 17.6 Å². The van der Waals surface area contributed by atoms with E-state index in [1.54, 1.807) is 13.8 Å². The van der Waals surface area contributed by atoms with E-state index in [2.05, 4.69) is 9.46 Å². The molecule has 1 rings (SSSR count). The molecule has 0 bridgehead atoms. The van der Waals surface area contributed by atoms with Crippen LogP contribution in [0.4, 0.5) is 0 Å². The highest BCUT2D eigenvalue weighted by Crippen LogP contribution is 2.21. The van der Waals surface area contributed by atoms with Crippen molar-refractivity contribution in [3.63, 3.8) is 0 Å². The molecule has 0 spiro atoms. The van der Waals surface area contributed by atoms with Gasteiger partial charge in [0.2, 0.25) is 15.8 Å². The van der Waals surface area contributed by atoms with Crippen LogP contribution in [0.15, 0.2) is 15.4 Å². The summed E-state index contributed by atoms with van der Waals surface area (Å²) in [6.45, 7) is 4.92. The molecule has 0 amide bonds. The molecule has 8 nitrogen and oxygen atoms in total. The summed E-state index contributed by atoms with van der Waals surface area (Å²) in [6, 6.07) is -0.251. The number of aryl methyl sites for hydroxylation is 1. The number of furan rings is 1. The van der Waals surface area contributed by atoms with Crippen LogP contribution in [0.1, 0.15) is 36.6 Å². The highest BCUT2D eigenvalue weighted by atomic mass is 32.2. The molecule has 0 radical (unpaired) electrons. The lowest BCUT2D eigenvalue weighted by atomic mass is 10.1. The summed E-state index contributed by atoms with van der Waals surface area (Å²) in [4.78, 5) is 22.2. The number of carbonyl (C=O) groups excluding carboxylic acids is 1. The van der Waals surface area contributed by atoms with Gasteiger partial charge < -0.3 is 14.3 Å². The van der Waals surface area contributed by atoms with Crippen LogP contribution in [0.3, 0.4) is 0 Å². The molecular formula is C13H19NO7S. The minimum atomic E-state index is -4.13. The summed E-state index contributed by atoms with van der Waals surface area (Å²) in [5.74, 6) is -2.40. The van der Waals surface area contributed by atoms with E-state index in [4.69, 9.17) is 9.52 Å². The number of sulfonamides is 1. The molecule has 0 saturated carbocycles. The molecule has 9 heteroatoms. The van der Waals surface area contributed by atoms with Crippen molar-refractivity contribution >= 4 is 22.0 Å². The van der Waals surface area contributed by atoms with Gasteiger partial charge in [-0.2, -0.15) is 4.72 Å². The molecule has 0 aliphatic carbocycles. The van der Waals surface area contributed by atoms with E-state index < -0.39 is 28.0 Å². The fourth-order valence-corrected chi connectivity index (χ4v) is 3.24. The van der Waals surface area contributed by atoms with E-state index in [9.17, 15) is 18.0 Å². The Morgan fingerprint density at radius 2 is 2.00 bits per heavy atom. The topological polar surface area (TPSA) is 123 Å². The quantitative estimate of drug-likeness (QED) is 0.717. The van der Waals surface area contributed by atoms with Crippen molar-refractivity contribution in [2.45, 2.75) is 38.1 Å². The highest BCUT2D eigenvalue weighted by Gasteiger charge is 2.30. The zero-order valence-corrected chi connectivity index (χ0v) is 13.6. The lowest BCUT2D eigenvalue weighted by molar-refractivity contribution is -0.139. The number of carboxylic acids is 1. The van der Waals surface area contributed by atoms with Gasteiger partial charge in [0.1, 0.15) is 16.7 Å². The van der Waals surface area contributed by atoms with Gasteiger partial charge in [-0.3, -0.25) is 4.79 Å². The monoisotopic (exact) mass is 333 g/mol. The third-order valence-corrected chi connectivity index (χ3v) is 4.43. The average molecular weight is 333 g/mol. The third kappa shape index (κ3) is 4.31. The number of nitrogens with one attached hydrogen (secondary N) is 1. The van der Waals surface area contributed by atoms with E-state index >= 15 is 0 Å². The predicted octanol–water partition coefficient (Wildman–Crippen LogP) is 1.15. The molecule has 0 aromatic carbocycles. The molecule has 1 aromatic heterocycles. The van der Waals surface area contributed by atoms with Crippen LogP contribution in [0, 0.1) is 12.8 Å². The Balaban J connectivity index is 3.10. The first-order chi connectivity index (χ1) is 10.1. The van der Waals surface area contributed by atoms with Gasteiger partial charge in [0, 0.05) is 6.07 Å². The number of hydrogen-bond acceptors (Lipinski definition) is 6. The SMILES string of the molecule is COC(=O)c1cc(S(=O)(=O)NC(CC(C)C)C(=O)O)c(C)o1. The molecule has 22 heavy (non-hydrogen) atoms. The Morgan fingerprint density at radius 3 is 2.45 bits per heavy atom. The molecule has 0 aliphatic rings. The van der Waals surface area contributed by atoms with E-state index in [1.807, 2.05) is 0 Å². The van der Waals surface area contributed by atoms with Crippen molar-refractivity contribution in [2.24, 2.45) is 5.92 Å². The van der Waals surface area contributed by atoms with Gasteiger partial charge >= 0.3 is 11.9 Å². The molecular weight excluding hydrogens is 314 g/mol. The van der Waals surface area contributed by atoms with Crippen molar-refractivity contribution in [1.82, 2.24) is 4.72 Å². The van der Waals surface area contributed by atoms with Gasteiger partial charge in [0.05, 0.1) is 7.11 Å². The Bertz CT molecular complexity index is 660. The number of rotatable bonds is 7. The summed E-state index contributed by atoms with van der Waals surface area (Å²) in [6.07, 6.45) is 0.134. The maximum Gasteiger partial charge on any atom is 0.373 e. The number of esters is 1. The molecule has 0 saturated heterocycles. The second-order valence-corrected chi connectivity index (χ2v) is 6.85. The fourth-order valence-electron chi connectivity index (χ4n) is 1.85. The molecule has 2 N–H and O–H groups in total. The Kier molecular flexibility index (Phi) is 5.72. The van der Waals surface area contributed by atoms with Crippen molar-refractivity contribution in [3.8, 4) is 0 Å². The van der Waals surface area contributed by atoms with Crippen LogP contribution in [-0.2, 0) is 19.6 Å². The van der Waals surface area contributed by atoms with Gasteiger partial charge in [-0.05, 0) is 19.3 Å². The van der Waals surface area contributed by atoms with Gasteiger partial charge in [-0.25, -0.2) is 13.2 Å². The second-order valence-electron chi connectivity index (χ2n) is 5.16. The van der Waals surface area contributed by atoms with Gasteiger partial charge in [0.25, 0.3) is 0 Å². The van der Waals surface area contributed by atoms with Crippen molar-refractivity contribution in [1.29, 1.82) is 0 Å². The minimum absolute atomic E-state index is 0.0140. The van der Waals surface area contributed by atoms with Crippen molar-refractivity contribution in [2.75, 3.05) is 7.11 Å². The number of carbonyl (C=O) groups is 2. The number of aliphatic carboxylic acids is 1. The highest BCUT2D eigenvalue weighted by molar-refractivity contribution is 7.89. The van der Waals surface area contributed by atoms with Crippen LogP contribution in [-0.4, -0.2) is 38.6 Å². The van der Waals surface area contributed by atoms with E-state index in [1.165, 1.54) is 6.92 Å². The van der Waals surface area contributed by atoms with Gasteiger partial charge in [-0.15, -0.1) is 0 Å². The lowest BCUT2D eigenvalue weighted by Crippen LogP contribution is -2.41. The Morgan fingerprint density at radius 1 is 1.41 bits per heavy atom. The normalized spacial score (nSPS) is 13.1. The maximum atomic E-state index is 12.3. The minimum Gasteiger partial charge on any atom is -0.480 e. The largest absolute Gasteiger partial charge is 0.480 e. The number of ether oxygens (including phenoxy) is 1. The summed E-state index contributed by atoms with van der Waals surface area (Å²) in [5, 5.41) is 9.11.